The number of hydrogen-bond acceptors (Lipinski definition) is 2. The van der Waals surface area contributed by atoms with Crippen molar-refractivity contribution >= 4 is 0 Å². The van der Waals surface area contributed by atoms with Crippen LogP contribution in [0.5, 0.6) is 0 Å². The van der Waals surface area contributed by atoms with Crippen LogP contribution in [-0.4, -0.2) is 17.3 Å². The van der Waals surface area contributed by atoms with Gasteiger partial charge in [0.25, 0.3) is 0 Å². The normalized spacial score (nSPS) is 20.9. The van der Waals surface area contributed by atoms with E-state index in [4.69, 9.17) is 4.74 Å². The zero-order chi connectivity index (χ0) is 16.7. The molecule has 2 heteroatoms. The highest BCUT2D eigenvalue weighted by Gasteiger charge is 2.39. The Bertz CT molecular complexity index is 484. The number of aliphatic hydroxyl groups is 1. The summed E-state index contributed by atoms with van der Waals surface area (Å²) in [5, 5.41) is 10.2. The van der Waals surface area contributed by atoms with Gasteiger partial charge in [-0.25, -0.2) is 0 Å². The first-order chi connectivity index (χ1) is 10.3. The molecular formula is C20H32O2. The zero-order valence-corrected chi connectivity index (χ0v) is 15.1. The molecule has 2 nitrogen and oxygen atoms in total. The van der Waals surface area contributed by atoms with Gasteiger partial charge in [0.05, 0.1) is 0 Å². The van der Waals surface area contributed by atoms with Crippen molar-refractivity contribution in [3.05, 3.63) is 46.3 Å². The zero-order valence-electron chi connectivity index (χ0n) is 15.1. The van der Waals surface area contributed by atoms with Crippen molar-refractivity contribution in [1.29, 1.82) is 0 Å². The standard InChI is InChI=1S/C20H32O2/c1-14(2)9-7-11-16(5)13-18(21)20-19(22-20)17(6)12-8-10-15(3)4/h9-10,13,18,20-21H,7-8,11-12H2,1-6H3. The van der Waals surface area contributed by atoms with Crippen molar-refractivity contribution < 1.29 is 9.84 Å². The lowest BCUT2D eigenvalue weighted by Gasteiger charge is -2.03. The Morgan fingerprint density at radius 2 is 1.55 bits per heavy atom. The first-order valence-electron chi connectivity index (χ1n) is 8.29. The molecule has 1 fully saturated rings. The second kappa shape index (κ2) is 8.99. The molecule has 1 N–H and O–H groups in total. The maximum atomic E-state index is 10.2. The molecule has 0 aromatic rings. The van der Waals surface area contributed by atoms with E-state index in [1.165, 1.54) is 22.3 Å². The third kappa shape index (κ3) is 7.13. The Hall–Kier alpha value is -1.28. The van der Waals surface area contributed by atoms with Gasteiger partial charge in [-0.2, -0.15) is 0 Å². The summed E-state index contributed by atoms with van der Waals surface area (Å²) < 4.78 is 5.59. The van der Waals surface area contributed by atoms with Crippen molar-refractivity contribution in [3.63, 3.8) is 0 Å². The van der Waals surface area contributed by atoms with Gasteiger partial charge in [0.1, 0.15) is 11.9 Å². The van der Waals surface area contributed by atoms with Crippen LogP contribution in [0.2, 0.25) is 0 Å². The molecule has 2 atom stereocenters. The average molecular weight is 304 g/mol. The number of allylic oxidation sites excluding steroid dienone is 6. The first kappa shape index (κ1) is 18.8. The second-order valence-electron chi connectivity index (χ2n) is 6.83. The van der Waals surface area contributed by atoms with E-state index >= 15 is 0 Å². The number of epoxide rings is 1. The summed E-state index contributed by atoms with van der Waals surface area (Å²) in [5.41, 5.74) is 5.18. The van der Waals surface area contributed by atoms with Crippen LogP contribution in [-0.2, 0) is 4.74 Å². The Balaban J connectivity index is 2.46. The van der Waals surface area contributed by atoms with Gasteiger partial charge in [0, 0.05) is 0 Å². The van der Waals surface area contributed by atoms with Crippen molar-refractivity contribution in [2.75, 3.05) is 0 Å². The van der Waals surface area contributed by atoms with Gasteiger partial charge in [-0.1, -0.05) is 34.9 Å². The fourth-order valence-electron chi connectivity index (χ4n) is 2.42. The fourth-order valence-corrected chi connectivity index (χ4v) is 2.42. The van der Waals surface area contributed by atoms with E-state index in [1.54, 1.807) is 0 Å². The molecule has 0 saturated carbocycles. The van der Waals surface area contributed by atoms with Crippen LogP contribution in [0.1, 0.15) is 67.2 Å². The Kier molecular flexibility index (Phi) is 7.67. The molecule has 0 spiro atoms. The van der Waals surface area contributed by atoms with Crippen LogP contribution in [0.25, 0.3) is 0 Å². The smallest absolute Gasteiger partial charge is 0.184 e. The van der Waals surface area contributed by atoms with Crippen LogP contribution >= 0.6 is 0 Å². The largest absolute Gasteiger partial charge is 0.480 e. The van der Waals surface area contributed by atoms with Gasteiger partial charge < -0.3 is 9.84 Å². The SMILES string of the molecule is CC(C)=CCCC(C)=CC(O)C1OC1=C(C)CCC=C(C)C. The van der Waals surface area contributed by atoms with E-state index in [-0.39, 0.29) is 6.10 Å². The quantitative estimate of drug-likeness (QED) is 0.477. The molecule has 22 heavy (non-hydrogen) atoms. The summed E-state index contributed by atoms with van der Waals surface area (Å²) in [5.74, 6) is 0.989. The summed E-state index contributed by atoms with van der Waals surface area (Å²) in [6, 6.07) is 0. The van der Waals surface area contributed by atoms with E-state index in [0.717, 1.165) is 31.4 Å². The molecule has 0 bridgehead atoms. The predicted octanol–water partition coefficient (Wildman–Crippen LogP) is 5.46. The Labute approximate surface area is 136 Å². The van der Waals surface area contributed by atoms with Gasteiger partial charge in [-0.15, -0.1) is 0 Å². The second-order valence-corrected chi connectivity index (χ2v) is 6.83. The van der Waals surface area contributed by atoms with Crippen LogP contribution in [0, 0.1) is 0 Å². The van der Waals surface area contributed by atoms with E-state index in [9.17, 15) is 5.11 Å². The minimum absolute atomic E-state index is 0.120. The van der Waals surface area contributed by atoms with Crippen LogP contribution < -0.4 is 0 Å². The molecule has 1 heterocycles. The molecular weight excluding hydrogens is 272 g/mol. The summed E-state index contributed by atoms with van der Waals surface area (Å²) in [4.78, 5) is 0. The number of ether oxygens (including phenoxy) is 1. The molecule has 0 aliphatic carbocycles. The number of aliphatic hydroxyl groups excluding tert-OH is 1. The van der Waals surface area contributed by atoms with Crippen LogP contribution in [0.15, 0.2) is 46.3 Å². The molecule has 1 rings (SSSR count). The lowest BCUT2D eigenvalue weighted by atomic mass is 10.0. The highest BCUT2D eigenvalue weighted by atomic mass is 16.6. The van der Waals surface area contributed by atoms with Gasteiger partial charge >= 0.3 is 0 Å². The third-order valence-corrected chi connectivity index (χ3v) is 3.80. The maximum Gasteiger partial charge on any atom is 0.184 e. The van der Waals surface area contributed by atoms with Gasteiger partial charge in [-0.3, -0.25) is 0 Å². The highest BCUT2D eigenvalue weighted by molar-refractivity contribution is 5.26. The predicted molar refractivity (Wildman–Crippen MR) is 94.7 cm³/mol. The Morgan fingerprint density at radius 3 is 2.09 bits per heavy atom. The summed E-state index contributed by atoms with van der Waals surface area (Å²) in [7, 11) is 0. The van der Waals surface area contributed by atoms with Gasteiger partial charge in [0.15, 0.2) is 6.10 Å². The van der Waals surface area contributed by atoms with E-state index < -0.39 is 6.10 Å². The van der Waals surface area contributed by atoms with Crippen molar-refractivity contribution in [2.24, 2.45) is 0 Å². The van der Waals surface area contributed by atoms with E-state index in [1.807, 2.05) is 6.08 Å². The molecule has 1 aliphatic heterocycles. The fraction of sp³-hybridized carbons (Fsp3) is 0.600. The number of rotatable bonds is 8. The van der Waals surface area contributed by atoms with Crippen molar-refractivity contribution in [1.82, 2.24) is 0 Å². The lowest BCUT2D eigenvalue weighted by molar-refractivity contribution is 0.177. The van der Waals surface area contributed by atoms with Crippen LogP contribution in [0.3, 0.4) is 0 Å². The van der Waals surface area contributed by atoms with Crippen LogP contribution in [0.4, 0.5) is 0 Å². The molecule has 0 aromatic heterocycles. The van der Waals surface area contributed by atoms with Crippen molar-refractivity contribution in [3.8, 4) is 0 Å². The van der Waals surface area contributed by atoms with Crippen molar-refractivity contribution in [2.45, 2.75) is 79.4 Å². The molecule has 0 aromatic carbocycles. The third-order valence-electron chi connectivity index (χ3n) is 3.80. The number of hydrogen-bond donors (Lipinski definition) is 1. The molecule has 0 amide bonds. The van der Waals surface area contributed by atoms with E-state index in [0.29, 0.717) is 0 Å². The molecule has 1 saturated heterocycles. The topological polar surface area (TPSA) is 32.8 Å². The lowest BCUT2D eigenvalue weighted by Crippen LogP contribution is -2.11. The summed E-state index contributed by atoms with van der Waals surface area (Å²) >= 11 is 0. The minimum atomic E-state index is -0.514. The average Bonchev–Trinajstić information content (AvgIpc) is 3.17. The first-order valence-corrected chi connectivity index (χ1v) is 8.29. The molecule has 124 valence electrons. The van der Waals surface area contributed by atoms with Gasteiger partial charge in [0.2, 0.25) is 0 Å². The van der Waals surface area contributed by atoms with Gasteiger partial charge in [-0.05, 0) is 72.8 Å². The molecule has 2 unspecified atom stereocenters. The monoisotopic (exact) mass is 304 g/mol. The summed E-state index contributed by atoms with van der Waals surface area (Å²) in [6.45, 7) is 12.6. The Morgan fingerprint density at radius 1 is 1.00 bits per heavy atom. The highest BCUT2D eigenvalue weighted by Crippen LogP contribution is 2.35. The van der Waals surface area contributed by atoms with E-state index in [2.05, 4.69) is 53.7 Å². The minimum Gasteiger partial charge on any atom is -0.480 e. The molecule has 0 radical (unpaired) electrons. The maximum absolute atomic E-state index is 10.2. The molecule has 1 aliphatic rings. The summed E-state index contributed by atoms with van der Waals surface area (Å²) in [6.07, 6.45) is 9.86.